The number of rotatable bonds is 3. The second-order valence-electron chi connectivity index (χ2n) is 3.31. The Labute approximate surface area is 97.0 Å². The van der Waals surface area contributed by atoms with Crippen LogP contribution in [0.1, 0.15) is 6.92 Å². The summed E-state index contributed by atoms with van der Waals surface area (Å²) in [6, 6.07) is 0. The predicted octanol–water partition coefficient (Wildman–Crippen LogP) is 0.332. The number of aliphatic imine (C=N–C) groups is 2. The fraction of sp³-hybridized carbons (Fsp3) is 0.333. The van der Waals surface area contributed by atoms with E-state index >= 15 is 0 Å². The van der Waals surface area contributed by atoms with Crippen molar-refractivity contribution in [1.82, 2.24) is 0 Å². The van der Waals surface area contributed by atoms with Gasteiger partial charge in [0.05, 0.1) is 5.70 Å². The second kappa shape index (κ2) is 4.57. The van der Waals surface area contributed by atoms with Gasteiger partial charge >= 0.3 is 0 Å². The average Bonchev–Trinajstić information content (AvgIpc) is 2.23. The van der Waals surface area contributed by atoms with E-state index in [1.54, 1.807) is 0 Å². The fourth-order valence-corrected chi connectivity index (χ4v) is 2.52. The molecule has 0 spiro atoms. The first-order valence-corrected chi connectivity index (χ1v) is 5.86. The molecule has 0 fully saturated rings. The van der Waals surface area contributed by atoms with Crippen molar-refractivity contribution in [3.63, 3.8) is 0 Å². The first-order valence-electron chi connectivity index (χ1n) is 4.42. The summed E-state index contributed by atoms with van der Waals surface area (Å²) < 4.78 is 31.8. The molecule has 0 aliphatic heterocycles. The Hall–Kier alpha value is -1.85. The zero-order valence-corrected chi connectivity index (χ0v) is 9.51. The van der Waals surface area contributed by atoms with Crippen LogP contribution in [0.3, 0.4) is 0 Å². The number of carbonyl (C=O) groups excluding carboxylic acids is 2. The second-order valence-corrected chi connectivity index (χ2v) is 4.91. The minimum Gasteiger partial charge on any atom is -0.283 e. The van der Waals surface area contributed by atoms with Crippen molar-refractivity contribution in [3.8, 4) is 0 Å². The predicted molar refractivity (Wildman–Crippen MR) is 56.9 cm³/mol. The summed E-state index contributed by atoms with van der Waals surface area (Å²) in [6.07, 6.45) is 5.97. The van der Waals surface area contributed by atoms with Gasteiger partial charge in [-0.3, -0.25) is 4.55 Å². The molecule has 0 saturated carbocycles. The van der Waals surface area contributed by atoms with Gasteiger partial charge in [-0.05, 0) is 12.2 Å². The average molecular weight is 256 g/mol. The van der Waals surface area contributed by atoms with Gasteiger partial charge in [0, 0.05) is 5.92 Å². The highest BCUT2D eigenvalue weighted by atomic mass is 32.2. The number of isocyanates is 2. The van der Waals surface area contributed by atoms with Gasteiger partial charge in [0.15, 0.2) is 0 Å². The van der Waals surface area contributed by atoms with Crippen LogP contribution in [0.4, 0.5) is 0 Å². The van der Waals surface area contributed by atoms with E-state index in [0.717, 1.165) is 12.2 Å². The minimum absolute atomic E-state index is 0.0409. The van der Waals surface area contributed by atoms with Crippen molar-refractivity contribution < 1.29 is 22.6 Å². The molecule has 2 atom stereocenters. The van der Waals surface area contributed by atoms with Crippen molar-refractivity contribution in [3.05, 3.63) is 23.9 Å². The van der Waals surface area contributed by atoms with Crippen molar-refractivity contribution >= 4 is 22.3 Å². The molecule has 7 nitrogen and oxygen atoms in total. The molecular weight excluding hydrogens is 248 g/mol. The quantitative estimate of drug-likeness (QED) is 0.444. The fourth-order valence-electron chi connectivity index (χ4n) is 1.54. The summed E-state index contributed by atoms with van der Waals surface area (Å²) in [5, 5.41) is 0. The summed E-state index contributed by atoms with van der Waals surface area (Å²) >= 11 is 0. The maximum atomic E-state index is 11.3. The first-order chi connectivity index (χ1) is 7.89. The van der Waals surface area contributed by atoms with Gasteiger partial charge in [-0.15, -0.1) is 0 Å². The molecule has 1 N–H and O–H groups in total. The number of allylic oxidation sites excluding steroid dienone is 2. The molecule has 0 aromatic heterocycles. The Morgan fingerprint density at radius 3 is 2.53 bits per heavy atom. The van der Waals surface area contributed by atoms with Gasteiger partial charge in [-0.1, -0.05) is 13.0 Å². The van der Waals surface area contributed by atoms with Crippen molar-refractivity contribution in [2.24, 2.45) is 15.9 Å². The molecule has 0 radical (unpaired) electrons. The Balaban J connectivity index is 3.49. The molecule has 0 amide bonds. The van der Waals surface area contributed by atoms with Gasteiger partial charge in [0.25, 0.3) is 10.1 Å². The molecule has 1 aliphatic rings. The molecule has 0 bridgehead atoms. The van der Waals surface area contributed by atoms with Gasteiger partial charge in [0.2, 0.25) is 17.0 Å². The third-order valence-corrected chi connectivity index (χ3v) is 3.88. The third-order valence-electron chi connectivity index (χ3n) is 2.47. The number of hydrogen-bond acceptors (Lipinski definition) is 6. The normalized spacial score (nSPS) is 27.6. The standard InChI is InChI=1S/C9H8N2O5S/c1-7-8(10-5-12)3-2-4-9(7,11-6-13)17(14,15)16/h2-4,7H,1H3,(H,14,15,16). The molecule has 90 valence electrons. The third kappa shape index (κ3) is 2.15. The van der Waals surface area contributed by atoms with E-state index in [2.05, 4.69) is 9.98 Å². The van der Waals surface area contributed by atoms with Crippen molar-refractivity contribution in [1.29, 1.82) is 0 Å². The smallest absolute Gasteiger partial charge is 0.283 e. The highest BCUT2D eigenvalue weighted by Crippen LogP contribution is 2.37. The lowest BCUT2D eigenvalue weighted by molar-refractivity contribution is 0.408. The lowest BCUT2D eigenvalue weighted by atomic mass is 9.93. The van der Waals surface area contributed by atoms with E-state index in [1.165, 1.54) is 25.2 Å². The maximum Gasteiger partial charge on any atom is 0.296 e. The number of hydrogen-bond donors (Lipinski definition) is 1. The largest absolute Gasteiger partial charge is 0.296 e. The van der Waals surface area contributed by atoms with E-state index in [-0.39, 0.29) is 5.70 Å². The van der Waals surface area contributed by atoms with E-state index in [1.807, 2.05) is 0 Å². The van der Waals surface area contributed by atoms with Crippen LogP contribution in [0.2, 0.25) is 0 Å². The topological polar surface area (TPSA) is 113 Å². The summed E-state index contributed by atoms with van der Waals surface area (Å²) in [6.45, 7) is 1.35. The van der Waals surface area contributed by atoms with E-state index < -0.39 is 20.9 Å². The monoisotopic (exact) mass is 256 g/mol. The molecule has 2 unspecified atom stereocenters. The Morgan fingerprint density at radius 1 is 1.41 bits per heavy atom. The molecule has 0 saturated heterocycles. The highest BCUT2D eigenvalue weighted by Gasteiger charge is 2.49. The molecule has 0 aromatic rings. The molecule has 0 aromatic carbocycles. The van der Waals surface area contributed by atoms with Crippen LogP contribution < -0.4 is 0 Å². The van der Waals surface area contributed by atoms with Gasteiger partial charge in [0.1, 0.15) is 0 Å². The van der Waals surface area contributed by atoms with Gasteiger partial charge in [-0.2, -0.15) is 18.4 Å². The Bertz CT molecular complexity index is 579. The lowest BCUT2D eigenvalue weighted by Gasteiger charge is -2.29. The Morgan fingerprint density at radius 2 is 2.06 bits per heavy atom. The first kappa shape index (κ1) is 13.2. The minimum atomic E-state index is -4.70. The molecule has 1 aliphatic carbocycles. The summed E-state index contributed by atoms with van der Waals surface area (Å²) in [4.78, 5) is 24.7. The van der Waals surface area contributed by atoms with Crippen LogP contribution in [-0.4, -0.2) is 30.0 Å². The zero-order valence-electron chi connectivity index (χ0n) is 8.69. The van der Waals surface area contributed by atoms with Gasteiger partial charge < -0.3 is 0 Å². The van der Waals surface area contributed by atoms with Crippen LogP contribution in [0.25, 0.3) is 0 Å². The summed E-state index contributed by atoms with van der Waals surface area (Å²) in [5.74, 6) is -1.01. The zero-order chi connectivity index (χ0) is 13.1. The number of nitrogens with zero attached hydrogens (tertiary/aromatic N) is 2. The van der Waals surface area contributed by atoms with E-state index in [4.69, 9.17) is 4.55 Å². The van der Waals surface area contributed by atoms with Crippen LogP contribution in [0.5, 0.6) is 0 Å². The van der Waals surface area contributed by atoms with Crippen molar-refractivity contribution in [2.75, 3.05) is 0 Å². The Kier molecular flexibility index (Phi) is 3.55. The maximum absolute atomic E-state index is 11.3. The molecule has 8 heteroatoms. The van der Waals surface area contributed by atoms with E-state index in [0.29, 0.717) is 0 Å². The van der Waals surface area contributed by atoms with Gasteiger partial charge in [-0.25, -0.2) is 9.59 Å². The molecular formula is C9H8N2O5S. The van der Waals surface area contributed by atoms with Crippen molar-refractivity contribution in [2.45, 2.75) is 11.8 Å². The SMILES string of the molecule is CC1C(N=C=O)=CC=CC1(N=C=O)S(=O)(=O)O. The van der Waals surface area contributed by atoms with E-state index in [9.17, 15) is 18.0 Å². The summed E-state index contributed by atoms with van der Waals surface area (Å²) in [5.41, 5.74) is 0.0409. The van der Waals surface area contributed by atoms with Crippen LogP contribution in [0.15, 0.2) is 33.9 Å². The lowest BCUT2D eigenvalue weighted by Crippen LogP contribution is -2.42. The molecule has 1 rings (SSSR count). The molecule has 0 heterocycles. The molecule has 17 heavy (non-hydrogen) atoms. The van der Waals surface area contributed by atoms with Crippen LogP contribution in [0, 0.1) is 5.92 Å². The van der Waals surface area contributed by atoms with Crippen LogP contribution in [-0.2, 0) is 19.7 Å². The summed E-state index contributed by atoms with van der Waals surface area (Å²) in [7, 11) is -4.70. The van der Waals surface area contributed by atoms with Crippen LogP contribution >= 0.6 is 0 Å². The highest BCUT2D eigenvalue weighted by molar-refractivity contribution is 7.87.